The molecule has 0 saturated carbocycles. The Morgan fingerprint density at radius 3 is 2.83 bits per heavy atom. The number of halogens is 2. The van der Waals surface area contributed by atoms with Gasteiger partial charge in [0.05, 0.1) is 6.04 Å². The average molecular weight is 402 g/mol. The molecule has 3 rings (SSSR count). The zero-order chi connectivity index (χ0) is 15.5. The normalized spacial score (nSPS) is 22.1. The van der Waals surface area contributed by atoms with Gasteiger partial charge in [0.1, 0.15) is 0 Å². The second-order valence-electron chi connectivity index (χ2n) is 6.74. The van der Waals surface area contributed by atoms with Crippen molar-refractivity contribution in [2.45, 2.75) is 45.1 Å². The maximum atomic E-state index is 12.4. The number of carbonyl (C=O) groups excluding carboxylic acids is 1. The largest absolute Gasteiger partial charge is 0.349 e. The van der Waals surface area contributed by atoms with E-state index in [1.807, 2.05) is 0 Å². The van der Waals surface area contributed by atoms with Gasteiger partial charge in [0.25, 0.3) is 0 Å². The molecule has 5 heteroatoms. The van der Waals surface area contributed by atoms with Crippen LogP contribution in [0.5, 0.6) is 0 Å². The number of fused-ring (bicyclic) bond motifs is 1. The van der Waals surface area contributed by atoms with Crippen LogP contribution in [-0.4, -0.2) is 19.0 Å². The molecule has 1 fully saturated rings. The van der Waals surface area contributed by atoms with Crippen LogP contribution in [0.3, 0.4) is 0 Å². The van der Waals surface area contributed by atoms with Crippen LogP contribution in [-0.2, 0) is 11.2 Å². The average Bonchev–Trinajstić information content (AvgIpc) is 2.92. The fourth-order valence-electron chi connectivity index (χ4n) is 3.89. The minimum atomic E-state index is 0. The molecule has 2 unspecified atom stereocenters. The van der Waals surface area contributed by atoms with Gasteiger partial charge in [-0.05, 0) is 67.8 Å². The first-order valence-electron chi connectivity index (χ1n) is 8.42. The van der Waals surface area contributed by atoms with Crippen LogP contribution in [0.1, 0.15) is 49.8 Å². The summed E-state index contributed by atoms with van der Waals surface area (Å²) in [6.07, 6.45) is 5.13. The summed E-state index contributed by atoms with van der Waals surface area (Å²) in [5, 5.41) is 6.65. The van der Waals surface area contributed by atoms with E-state index >= 15 is 0 Å². The number of piperidine rings is 1. The van der Waals surface area contributed by atoms with Crippen molar-refractivity contribution in [1.29, 1.82) is 0 Å². The lowest BCUT2D eigenvalue weighted by atomic mass is 9.84. The van der Waals surface area contributed by atoms with E-state index in [1.165, 1.54) is 28.4 Å². The molecule has 1 aliphatic carbocycles. The third-order valence-corrected chi connectivity index (χ3v) is 5.99. The summed E-state index contributed by atoms with van der Waals surface area (Å²) in [6, 6.07) is 6.49. The highest BCUT2D eigenvalue weighted by atomic mass is 79.9. The lowest BCUT2D eigenvalue weighted by Crippen LogP contribution is -2.34. The van der Waals surface area contributed by atoms with Gasteiger partial charge in [0.2, 0.25) is 5.91 Å². The maximum Gasteiger partial charge on any atom is 0.220 e. The number of amides is 1. The van der Waals surface area contributed by atoms with Crippen LogP contribution in [0.25, 0.3) is 0 Å². The van der Waals surface area contributed by atoms with E-state index in [9.17, 15) is 4.79 Å². The molecule has 23 heavy (non-hydrogen) atoms. The van der Waals surface area contributed by atoms with E-state index < -0.39 is 0 Å². The van der Waals surface area contributed by atoms with Crippen LogP contribution < -0.4 is 10.6 Å². The predicted octanol–water partition coefficient (Wildman–Crippen LogP) is 4.00. The maximum absolute atomic E-state index is 12.4. The van der Waals surface area contributed by atoms with E-state index in [0.29, 0.717) is 18.3 Å². The number of benzene rings is 1. The second-order valence-corrected chi connectivity index (χ2v) is 7.59. The fourth-order valence-corrected chi connectivity index (χ4v) is 4.47. The highest BCUT2D eigenvalue weighted by Crippen LogP contribution is 2.35. The Labute approximate surface area is 153 Å². The monoisotopic (exact) mass is 400 g/mol. The van der Waals surface area contributed by atoms with E-state index in [-0.39, 0.29) is 24.4 Å². The lowest BCUT2D eigenvalue weighted by Gasteiger charge is -2.28. The van der Waals surface area contributed by atoms with E-state index in [1.54, 1.807) is 0 Å². The molecule has 2 aliphatic rings. The lowest BCUT2D eigenvalue weighted by molar-refractivity contribution is -0.123. The van der Waals surface area contributed by atoms with Gasteiger partial charge in [-0.2, -0.15) is 0 Å². The van der Waals surface area contributed by atoms with Crippen LogP contribution in [0.15, 0.2) is 22.7 Å². The second kappa shape index (κ2) is 8.50. The van der Waals surface area contributed by atoms with Gasteiger partial charge in [-0.1, -0.05) is 35.0 Å². The summed E-state index contributed by atoms with van der Waals surface area (Å²) in [5.41, 5.74) is 2.65. The molecule has 1 aliphatic heterocycles. The van der Waals surface area contributed by atoms with Gasteiger partial charge in [-0.25, -0.2) is 0 Å². The van der Waals surface area contributed by atoms with Gasteiger partial charge in [-0.15, -0.1) is 12.4 Å². The molecule has 1 saturated heterocycles. The van der Waals surface area contributed by atoms with Gasteiger partial charge < -0.3 is 10.6 Å². The Kier molecular flexibility index (Phi) is 6.93. The number of nitrogens with one attached hydrogen (secondary N) is 2. The quantitative estimate of drug-likeness (QED) is 0.800. The van der Waals surface area contributed by atoms with Crippen molar-refractivity contribution in [3.63, 3.8) is 0 Å². The highest BCUT2D eigenvalue weighted by molar-refractivity contribution is 9.10. The molecule has 0 radical (unpaired) electrons. The molecule has 2 N–H and O–H groups in total. The first kappa shape index (κ1) is 18.8. The molecule has 1 heterocycles. The van der Waals surface area contributed by atoms with Gasteiger partial charge >= 0.3 is 0 Å². The zero-order valence-electron chi connectivity index (χ0n) is 13.6. The van der Waals surface area contributed by atoms with Crippen molar-refractivity contribution in [1.82, 2.24) is 10.6 Å². The summed E-state index contributed by atoms with van der Waals surface area (Å²) >= 11 is 3.61. The van der Waals surface area contributed by atoms with E-state index in [0.717, 1.165) is 25.9 Å². The zero-order valence-corrected chi connectivity index (χ0v) is 16.0. The SMILES string of the molecule is CC(CC(=O)NC1CCc2c(Br)cccc21)C1CCNCC1.Cl. The summed E-state index contributed by atoms with van der Waals surface area (Å²) in [7, 11) is 0. The van der Waals surface area contributed by atoms with Gasteiger partial charge in [-0.3, -0.25) is 4.79 Å². The molecule has 1 aromatic carbocycles. The van der Waals surface area contributed by atoms with E-state index in [2.05, 4.69) is 51.7 Å². The summed E-state index contributed by atoms with van der Waals surface area (Å²) in [6.45, 7) is 4.43. The minimum absolute atomic E-state index is 0. The van der Waals surface area contributed by atoms with Gasteiger partial charge in [0.15, 0.2) is 0 Å². The Hall–Kier alpha value is -0.580. The smallest absolute Gasteiger partial charge is 0.220 e. The van der Waals surface area contributed by atoms with E-state index in [4.69, 9.17) is 0 Å². The molecule has 1 amide bonds. The molecular weight excluding hydrogens is 376 g/mol. The Bertz CT molecular complexity index is 546. The minimum Gasteiger partial charge on any atom is -0.349 e. The van der Waals surface area contributed by atoms with Crippen molar-refractivity contribution < 1.29 is 4.79 Å². The first-order valence-corrected chi connectivity index (χ1v) is 9.22. The van der Waals surface area contributed by atoms with Crippen LogP contribution in [0.4, 0.5) is 0 Å². The third-order valence-electron chi connectivity index (χ3n) is 5.24. The number of carbonyl (C=O) groups is 1. The molecule has 0 bridgehead atoms. The Morgan fingerprint density at radius 1 is 1.35 bits per heavy atom. The molecule has 128 valence electrons. The molecule has 0 aromatic heterocycles. The van der Waals surface area contributed by atoms with Crippen LogP contribution >= 0.6 is 28.3 Å². The highest BCUT2D eigenvalue weighted by Gasteiger charge is 2.27. The third kappa shape index (κ3) is 4.49. The molecule has 3 nitrogen and oxygen atoms in total. The van der Waals surface area contributed by atoms with Crippen molar-refractivity contribution in [3.05, 3.63) is 33.8 Å². The van der Waals surface area contributed by atoms with Gasteiger partial charge in [0, 0.05) is 10.9 Å². The Balaban J connectivity index is 0.00000192. The number of hydrogen-bond acceptors (Lipinski definition) is 2. The molecule has 0 spiro atoms. The first-order chi connectivity index (χ1) is 10.6. The Morgan fingerprint density at radius 2 is 2.09 bits per heavy atom. The summed E-state index contributed by atoms with van der Waals surface area (Å²) in [5.74, 6) is 1.38. The van der Waals surface area contributed by atoms with Crippen molar-refractivity contribution in [3.8, 4) is 0 Å². The number of rotatable bonds is 4. The van der Waals surface area contributed by atoms with Crippen LogP contribution in [0.2, 0.25) is 0 Å². The number of hydrogen-bond donors (Lipinski definition) is 2. The van der Waals surface area contributed by atoms with Crippen molar-refractivity contribution >= 4 is 34.2 Å². The predicted molar refractivity (Wildman–Crippen MR) is 100.0 cm³/mol. The summed E-state index contributed by atoms with van der Waals surface area (Å²) < 4.78 is 1.17. The van der Waals surface area contributed by atoms with Crippen LogP contribution in [0, 0.1) is 11.8 Å². The van der Waals surface area contributed by atoms with Crippen molar-refractivity contribution in [2.24, 2.45) is 11.8 Å². The molecule has 2 atom stereocenters. The summed E-state index contributed by atoms with van der Waals surface area (Å²) in [4.78, 5) is 12.4. The van der Waals surface area contributed by atoms with Crippen molar-refractivity contribution in [2.75, 3.05) is 13.1 Å². The standard InChI is InChI=1S/C18H25BrN2O.ClH/c1-12(13-7-9-20-10-8-13)11-18(22)21-17-6-5-14-15(17)3-2-4-16(14)19;/h2-4,12-13,17,20H,5-11H2,1H3,(H,21,22);1H. The molecular formula is C18H26BrClN2O. The topological polar surface area (TPSA) is 41.1 Å². The molecule has 1 aromatic rings. The fraction of sp³-hybridized carbons (Fsp3) is 0.611.